The van der Waals surface area contributed by atoms with E-state index < -0.39 is 0 Å². The fraction of sp³-hybridized carbons (Fsp3) is 0.846. The van der Waals surface area contributed by atoms with E-state index in [2.05, 4.69) is 35.1 Å². The van der Waals surface area contributed by atoms with Gasteiger partial charge >= 0.3 is 0 Å². The van der Waals surface area contributed by atoms with Gasteiger partial charge in [-0.2, -0.15) is 0 Å². The fourth-order valence-electron chi connectivity index (χ4n) is 1.87. The Morgan fingerprint density at radius 1 is 1.28 bits per heavy atom. The van der Waals surface area contributed by atoms with Gasteiger partial charge < -0.3 is 0 Å². The van der Waals surface area contributed by atoms with Crippen LogP contribution in [0.25, 0.3) is 0 Å². The van der Waals surface area contributed by atoms with Crippen molar-refractivity contribution >= 4 is 21.6 Å². The molecule has 0 N–H and O–H groups in total. The Morgan fingerprint density at radius 2 is 2.11 bits per heavy atom. The van der Waals surface area contributed by atoms with Crippen molar-refractivity contribution in [3.63, 3.8) is 0 Å². The molecule has 0 saturated carbocycles. The molecule has 0 fully saturated rings. The van der Waals surface area contributed by atoms with E-state index in [0.29, 0.717) is 0 Å². The van der Waals surface area contributed by atoms with Gasteiger partial charge in [0.2, 0.25) is 0 Å². The van der Waals surface area contributed by atoms with E-state index in [4.69, 9.17) is 0 Å². The first kappa shape index (κ1) is 15.9. The SMILES string of the molecule is CSSCCCc1cnnn1CCCCC(C)C. The van der Waals surface area contributed by atoms with E-state index in [1.54, 1.807) is 0 Å². The molecular formula is C13H25N3S2. The molecule has 1 heterocycles. The second-order valence-corrected chi connectivity index (χ2v) is 7.61. The smallest absolute Gasteiger partial charge is 0.0725 e. The maximum absolute atomic E-state index is 4.19. The summed E-state index contributed by atoms with van der Waals surface area (Å²) >= 11 is 0. The standard InChI is InChI=1S/C13H25N3S2/c1-12(2)7-4-5-9-16-13(11-14-15-16)8-6-10-18-17-3/h11-12H,4-10H2,1-3H3. The second kappa shape index (κ2) is 9.73. The third-order valence-electron chi connectivity index (χ3n) is 2.88. The Kier molecular flexibility index (Phi) is 8.59. The van der Waals surface area contributed by atoms with Gasteiger partial charge in [-0.3, -0.25) is 0 Å². The van der Waals surface area contributed by atoms with Crippen molar-refractivity contribution in [2.75, 3.05) is 12.0 Å². The van der Waals surface area contributed by atoms with E-state index in [0.717, 1.165) is 18.9 Å². The number of unbranched alkanes of at least 4 members (excludes halogenated alkanes) is 1. The molecule has 0 amide bonds. The average molecular weight is 287 g/mol. The van der Waals surface area contributed by atoms with Crippen LogP contribution in [0.5, 0.6) is 0 Å². The summed E-state index contributed by atoms with van der Waals surface area (Å²) in [6, 6.07) is 0. The van der Waals surface area contributed by atoms with Crippen molar-refractivity contribution in [2.45, 2.75) is 52.5 Å². The summed E-state index contributed by atoms with van der Waals surface area (Å²) < 4.78 is 2.09. The maximum atomic E-state index is 4.19. The molecule has 1 aromatic rings. The van der Waals surface area contributed by atoms with Crippen LogP contribution >= 0.6 is 21.6 Å². The van der Waals surface area contributed by atoms with Crippen molar-refractivity contribution in [2.24, 2.45) is 5.92 Å². The predicted octanol–water partition coefficient (Wildman–Crippen LogP) is 4.05. The molecule has 5 heteroatoms. The molecule has 104 valence electrons. The van der Waals surface area contributed by atoms with Crippen LogP contribution < -0.4 is 0 Å². The highest BCUT2D eigenvalue weighted by molar-refractivity contribution is 8.76. The van der Waals surface area contributed by atoms with Gasteiger partial charge in [0.05, 0.1) is 11.9 Å². The van der Waals surface area contributed by atoms with Crippen molar-refractivity contribution in [3.8, 4) is 0 Å². The van der Waals surface area contributed by atoms with Gasteiger partial charge in [-0.25, -0.2) is 4.68 Å². The first-order chi connectivity index (χ1) is 8.74. The minimum atomic E-state index is 0.809. The van der Waals surface area contributed by atoms with E-state index in [1.165, 1.54) is 37.1 Å². The molecule has 0 bridgehead atoms. The highest BCUT2D eigenvalue weighted by Gasteiger charge is 2.04. The monoisotopic (exact) mass is 287 g/mol. The average Bonchev–Trinajstić information content (AvgIpc) is 2.78. The molecule has 0 radical (unpaired) electrons. The number of hydrogen-bond acceptors (Lipinski definition) is 4. The number of aryl methyl sites for hydroxylation is 2. The highest BCUT2D eigenvalue weighted by atomic mass is 33.1. The summed E-state index contributed by atoms with van der Waals surface area (Å²) in [7, 11) is 3.77. The molecule has 0 saturated heterocycles. The van der Waals surface area contributed by atoms with Crippen molar-refractivity contribution in [1.82, 2.24) is 15.0 Å². The summed E-state index contributed by atoms with van der Waals surface area (Å²) in [6.45, 7) is 5.59. The lowest BCUT2D eigenvalue weighted by Gasteiger charge is -2.07. The van der Waals surface area contributed by atoms with E-state index in [1.807, 2.05) is 27.8 Å². The zero-order chi connectivity index (χ0) is 13.2. The minimum Gasteiger partial charge on any atom is -0.249 e. The van der Waals surface area contributed by atoms with E-state index in [-0.39, 0.29) is 0 Å². The van der Waals surface area contributed by atoms with Crippen LogP contribution in [-0.4, -0.2) is 27.0 Å². The largest absolute Gasteiger partial charge is 0.249 e. The fourth-order valence-corrected chi connectivity index (χ4v) is 3.15. The first-order valence-electron chi connectivity index (χ1n) is 6.77. The first-order valence-corrected chi connectivity index (χ1v) is 9.49. The van der Waals surface area contributed by atoms with Gasteiger partial charge in [0, 0.05) is 12.3 Å². The molecule has 0 aromatic carbocycles. The maximum Gasteiger partial charge on any atom is 0.0725 e. The van der Waals surface area contributed by atoms with Crippen LogP contribution in [0.4, 0.5) is 0 Å². The lowest BCUT2D eigenvalue weighted by molar-refractivity contribution is 0.476. The van der Waals surface area contributed by atoms with Crippen LogP contribution in [-0.2, 0) is 13.0 Å². The lowest BCUT2D eigenvalue weighted by atomic mass is 10.1. The molecular weight excluding hydrogens is 262 g/mol. The lowest BCUT2D eigenvalue weighted by Crippen LogP contribution is -2.06. The summed E-state index contributed by atoms with van der Waals surface area (Å²) in [4.78, 5) is 0. The number of nitrogens with zero attached hydrogens (tertiary/aromatic N) is 3. The number of hydrogen-bond donors (Lipinski definition) is 0. The zero-order valence-electron chi connectivity index (χ0n) is 11.8. The zero-order valence-corrected chi connectivity index (χ0v) is 13.4. The van der Waals surface area contributed by atoms with Crippen LogP contribution in [0.2, 0.25) is 0 Å². The van der Waals surface area contributed by atoms with Gasteiger partial charge in [0.1, 0.15) is 0 Å². The van der Waals surface area contributed by atoms with Crippen molar-refractivity contribution in [3.05, 3.63) is 11.9 Å². The normalized spacial score (nSPS) is 11.3. The molecule has 0 atom stereocenters. The topological polar surface area (TPSA) is 30.7 Å². The van der Waals surface area contributed by atoms with Gasteiger partial charge in [0.25, 0.3) is 0 Å². The van der Waals surface area contributed by atoms with Crippen LogP contribution in [0.15, 0.2) is 6.20 Å². The number of rotatable bonds is 10. The minimum absolute atomic E-state index is 0.809. The second-order valence-electron chi connectivity index (χ2n) is 4.93. The Bertz CT molecular complexity index is 313. The third kappa shape index (κ3) is 6.69. The molecule has 3 nitrogen and oxygen atoms in total. The molecule has 0 unspecified atom stereocenters. The molecule has 0 spiro atoms. The molecule has 1 rings (SSSR count). The third-order valence-corrected chi connectivity index (χ3v) is 4.78. The van der Waals surface area contributed by atoms with Gasteiger partial charge in [0.15, 0.2) is 0 Å². The van der Waals surface area contributed by atoms with Gasteiger partial charge in [-0.15, -0.1) is 5.10 Å². The van der Waals surface area contributed by atoms with Crippen molar-refractivity contribution < 1.29 is 0 Å². The Morgan fingerprint density at radius 3 is 2.83 bits per heavy atom. The Balaban J connectivity index is 2.22. The highest BCUT2D eigenvalue weighted by Crippen LogP contribution is 2.18. The van der Waals surface area contributed by atoms with Crippen LogP contribution in [0.3, 0.4) is 0 Å². The molecule has 0 aliphatic carbocycles. The number of aromatic nitrogens is 3. The van der Waals surface area contributed by atoms with E-state index >= 15 is 0 Å². The predicted molar refractivity (Wildman–Crippen MR) is 83.0 cm³/mol. The molecule has 0 aliphatic heterocycles. The van der Waals surface area contributed by atoms with Crippen molar-refractivity contribution in [1.29, 1.82) is 0 Å². The molecule has 18 heavy (non-hydrogen) atoms. The summed E-state index contributed by atoms with van der Waals surface area (Å²) in [5, 5.41) is 8.22. The van der Waals surface area contributed by atoms with Crippen LogP contribution in [0, 0.1) is 5.92 Å². The summed E-state index contributed by atoms with van der Waals surface area (Å²) in [6.07, 6.45) is 10.2. The van der Waals surface area contributed by atoms with Gasteiger partial charge in [-0.1, -0.05) is 53.5 Å². The summed E-state index contributed by atoms with van der Waals surface area (Å²) in [5.41, 5.74) is 1.29. The molecule has 1 aromatic heterocycles. The quantitative estimate of drug-likeness (QED) is 0.480. The Labute approximate surface area is 119 Å². The summed E-state index contributed by atoms with van der Waals surface area (Å²) in [5.74, 6) is 2.02. The molecule has 0 aliphatic rings. The van der Waals surface area contributed by atoms with Gasteiger partial charge in [-0.05, 0) is 31.4 Å². The van der Waals surface area contributed by atoms with E-state index in [9.17, 15) is 0 Å². The Hall–Kier alpha value is -0.160. The van der Waals surface area contributed by atoms with Crippen LogP contribution in [0.1, 0.15) is 45.2 Å².